The van der Waals surface area contributed by atoms with Gasteiger partial charge in [0, 0.05) is 16.7 Å². The molecule has 17 heavy (non-hydrogen) atoms. The fourth-order valence-electron chi connectivity index (χ4n) is 1.39. The zero-order valence-corrected chi connectivity index (χ0v) is 12.5. The minimum Gasteiger partial charge on any atom is -0.391 e. The van der Waals surface area contributed by atoms with Crippen LogP contribution in [0.25, 0.3) is 0 Å². The number of aryl methyl sites for hydroxylation is 1. The SMILES string of the molecule is CSCC(C)NS(=O)(=O)c1cc(C)c(CO)s1. The molecule has 0 aliphatic rings. The summed E-state index contributed by atoms with van der Waals surface area (Å²) in [6.45, 7) is 3.51. The third-order valence-corrected chi connectivity index (χ3v) is 6.30. The van der Waals surface area contributed by atoms with E-state index >= 15 is 0 Å². The Hall–Kier alpha value is -0.0800. The highest BCUT2D eigenvalue weighted by atomic mass is 32.2. The van der Waals surface area contributed by atoms with Crippen molar-refractivity contribution in [3.8, 4) is 0 Å². The lowest BCUT2D eigenvalue weighted by Gasteiger charge is -2.11. The van der Waals surface area contributed by atoms with Crippen LogP contribution in [-0.2, 0) is 16.6 Å². The van der Waals surface area contributed by atoms with Gasteiger partial charge in [-0.05, 0) is 31.7 Å². The van der Waals surface area contributed by atoms with Crippen molar-refractivity contribution < 1.29 is 13.5 Å². The molecule has 1 heterocycles. The second-order valence-electron chi connectivity index (χ2n) is 3.81. The van der Waals surface area contributed by atoms with Crippen LogP contribution in [0.1, 0.15) is 17.4 Å². The summed E-state index contributed by atoms with van der Waals surface area (Å²) in [5, 5.41) is 9.06. The van der Waals surface area contributed by atoms with Crippen molar-refractivity contribution in [3.63, 3.8) is 0 Å². The first kappa shape index (κ1) is 15.0. The van der Waals surface area contributed by atoms with Crippen LogP contribution in [0.4, 0.5) is 0 Å². The Balaban J connectivity index is 2.89. The maximum absolute atomic E-state index is 12.0. The van der Waals surface area contributed by atoms with Crippen molar-refractivity contribution in [2.45, 2.75) is 30.7 Å². The van der Waals surface area contributed by atoms with E-state index in [0.29, 0.717) is 4.88 Å². The molecule has 1 aromatic rings. The monoisotopic (exact) mass is 295 g/mol. The lowest BCUT2D eigenvalue weighted by molar-refractivity contribution is 0.285. The van der Waals surface area contributed by atoms with Crippen LogP contribution >= 0.6 is 23.1 Å². The molecule has 0 saturated carbocycles. The van der Waals surface area contributed by atoms with E-state index in [-0.39, 0.29) is 16.9 Å². The summed E-state index contributed by atoms with van der Waals surface area (Å²) in [5.74, 6) is 0.733. The van der Waals surface area contributed by atoms with Gasteiger partial charge in [0.2, 0.25) is 10.0 Å². The van der Waals surface area contributed by atoms with E-state index in [1.165, 1.54) is 0 Å². The number of thiophene rings is 1. The zero-order valence-electron chi connectivity index (χ0n) is 10.1. The first-order chi connectivity index (χ1) is 7.90. The van der Waals surface area contributed by atoms with Gasteiger partial charge >= 0.3 is 0 Å². The Morgan fingerprint density at radius 3 is 2.71 bits per heavy atom. The average Bonchev–Trinajstić information content (AvgIpc) is 2.59. The maximum atomic E-state index is 12.0. The Morgan fingerprint density at radius 2 is 2.24 bits per heavy atom. The van der Waals surface area contributed by atoms with Crippen molar-refractivity contribution >= 4 is 33.1 Å². The molecule has 1 aromatic heterocycles. The minimum atomic E-state index is -3.45. The Morgan fingerprint density at radius 1 is 1.59 bits per heavy atom. The van der Waals surface area contributed by atoms with Crippen LogP contribution in [-0.4, -0.2) is 31.6 Å². The zero-order chi connectivity index (χ0) is 13.1. The van der Waals surface area contributed by atoms with E-state index in [4.69, 9.17) is 5.11 Å². The Labute approximate surface area is 110 Å². The van der Waals surface area contributed by atoms with Gasteiger partial charge in [-0.25, -0.2) is 13.1 Å². The molecule has 4 nitrogen and oxygen atoms in total. The highest BCUT2D eigenvalue weighted by Gasteiger charge is 2.20. The number of sulfonamides is 1. The predicted molar refractivity (Wildman–Crippen MR) is 73.1 cm³/mol. The fourth-order valence-corrected chi connectivity index (χ4v) is 4.78. The Bertz CT molecular complexity index is 467. The van der Waals surface area contributed by atoms with Crippen LogP contribution in [0.2, 0.25) is 0 Å². The second kappa shape index (κ2) is 6.19. The van der Waals surface area contributed by atoms with Crippen LogP contribution in [0.5, 0.6) is 0 Å². The number of aliphatic hydroxyl groups is 1. The molecule has 2 N–H and O–H groups in total. The van der Waals surface area contributed by atoms with Gasteiger partial charge in [-0.2, -0.15) is 11.8 Å². The van der Waals surface area contributed by atoms with Crippen molar-refractivity contribution in [1.29, 1.82) is 0 Å². The topological polar surface area (TPSA) is 66.4 Å². The van der Waals surface area contributed by atoms with E-state index in [9.17, 15) is 8.42 Å². The number of rotatable bonds is 6. The summed E-state index contributed by atoms with van der Waals surface area (Å²) in [5.41, 5.74) is 0.815. The normalized spacial score (nSPS) is 13.9. The standard InChI is InChI=1S/C10H17NO3S3/c1-7-4-10(16-9(7)5-12)17(13,14)11-8(2)6-15-3/h4,8,11-12H,5-6H2,1-3H3. The summed E-state index contributed by atoms with van der Waals surface area (Å²) < 4.78 is 26.9. The number of hydrogen-bond acceptors (Lipinski definition) is 5. The average molecular weight is 295 g/mol. The molecule has 0 radical (unpaired) electrons. The van der Waals surface area contributed by atoms with E-state index in [1.807, 2.05) is 13.2 Å². The number of nitrogens with one attached hydrogen (secondary N) is 1. The summed E-state index contributed by atoms with van der Waals surface area (Å²) in [6.07, 6.45) is 1.93. The maximum Gasteiger partial charge on any atom is 0.250 e. The fraction of sp³-hybridized carbons (Fsp3) is 0.600. The molecule has 1 unspecified atom stereocenters. The molecule has 0 saturated heterocycles. The third-order valence-electron chi connectivity index (χ3n) is 2.18. The quantitative estimate of drug-likeness (QED) is 0.836. The molecule has 0 spiro atoms. The van der Waals surface area contributed by atoms with E-state index < -0.39 is 10.0 Å². The summed E-state index contributed by atoms with van der Waals surface area (Å²) >= 11 is 2.71. The molecule has 98 valence electrons. The molecule has 0 aliphatic heterocycles. The molecule has 0 aliphatic carbocycles. The largest absolute Gasteiger partial charge is 0.391 e. The van der Waals surface area contributed by atoms with Crippen LogP contribution in [0, 0.1) is 6.92 Å². The highest BCUT2D eigenvalue weighted by molar-refractivity contribution is 7.98. The molecule has 1 rings (SSSR count). The van der Waals surface area contributed by atoms with E-state index in [0.717, 1.165) is 22.7 Å². The van der Waals surface area contributed by atoms with Gasteiger partial charge in [0.15, 0.2) is 0 Å². The first-order valence-corrected chi connectivity index (χ1v) is 8.81. The lowest BCUT2D eigenvalue weighted by Crippen LogP contribution is -2.33. The number of aliphatic hydroxyl groups excluding tert-OH is 1. The molecular weight excluding hydrogens is 278 g/mol. The smallest absolute Gasteiger partial charge is 0.250 e. The van der Waals surface area contributed by atoms with Gasteiger partial charge in [-0.1, -0.05) is 0 Å². The third kappa shape index (κ3) is 3.96. The molecule has 7 heteroatoms. The summed E-state index contributed by atoms with van der Waals surface area (Å²) in [6, 6.07) is 1.50. The van der Waals surface area contributed by atoms with Crippen molar-refractivity contribution in [3.05, 3.63) is 16.5 Å². The molecule has 0 bridgehead atoms. The summed E-state index contributed by atoms with van der Waals surface area (Å²) in [4.78, 5) is 0.697. The van der Waals surface area contributed by atoms with Crippen molar-refractivity contribution in [2.75, 3.05) is 12.0 Å². The predicted octanol–water partition coefficient (Wildman–Crippen LogP) is 1.58. The van der Waals surface area contributed by atoms with Crippen molar-refractivity contribution in [2.24, 2.45) is 0 Å². The summed E-state index contributed by atoms with van der Waals surface area (Å²) in [7, 11) is -3.45. The van der Waals surface area contributed by atoms with Crippen LogP contribution in [0.15, 0.2) is 10.3 Å². The lowest BCUT2D eigenvalue weighted by atomic mass is 10.3. The second-order valence-corrected chi connectivity index (χ2v) is 7.80. The van der Waals surface area contributed by atoms with Gasteiger partial charge in [-0.3, -0.25) is 0 Å². The molecule has 0 aromatic carbocycles. The van der Waals surface area contributed by atoms with Gasteiger partial charge in [0.1, 0.15) is 4.21 Å². The van der Waals surface area contributed by atoms with Gasteiger partial charge < -0.3 is 5.11 Å². The van der Waals surface area contributed by atoms with Gasteiger partial charge in [0.05, 0.1) is 6.61 Å². The number of hydrogen-bond donors (Lipinski definition) is 2. The molecule has 0 amide bonds. The van der Waals surface area contributed by atoms with Gasteiger partial charge in [0.25, 0.3) is 0 Å². The Kier molecular flexibility index (Phi) is 5.46. The van der Waals surface area contributed by atoms with Crippen LogP contribution in [0.3, 0.4) is 0 Å². The highest BCUT2D eigenvalue weighted by Crippen LogP contribution is 2.26. The van der Waals surface area contributed by atoms with E-state index in [1.54, 1.807) is 24.8 Å². The van der Waals surface area contributed by atoms with Gasteiger partial charge in [-0.15, -0.1) is 11.3 Å². The minimum absolute atomic E-state index is 0.102. The van der Waals surface area contributed by atoms with Crippen molar-refractivity contribution in [1.82, 2.24) is 4.72 Å². The van der Waals surface area contributed by atoms with E-state index in [2.05, 4.69) is 4.72 Å². The number of thioether (sulfide) groups is 1. The molecular formula is C10H17NO3S3. The first-order valence-electron chi connectivity index (χ1n) is 5.12. The molecule has 0 fully saturated rings. The van der Waals surface area contributed by atoms with Crippen LogP contribution < -0.4 is 4.72 Å². The molecule has 1 atom stereocenters.